The fraction of sp³-hybridized carbons (Fsp3) is 0.375. The molecular formula is C16H20BrN3. The number of hydrogen-bond donors (Lipinski definition) is 1. The molecule has 2 aromatic rings. The first-order valence-electron chi connectivity index (χ1n) is 7.04. The highest BCUT2D eigenvalue weighted by atomic mass is 79.9. The zero-order valence-corrected chi connectivity index (χ0v) is 13.6. The second-order valence-electron chi connectivity index (χ2n) is 4.68. The second kappa shape index (κ2) is 6.95. The van der Waals surface area contributed by atoms with E-state index in [-0.39, 0.29) is 0 Å². The molecule has 2 rings (SSSR count). The van der Waals surface area contributed by atoms with Crippen LogP contribution < -0.4 is 5.73 Å². The van der Waals surface area contributed by atoms with Crippen LogP contribution in [-0.4, -0.2) is 16.5 Å². The van der Waals surface area contributed by atoms with Gasteiger partial charge in [-0.05, 0) is 43.5 Å². The Morgan fingerprint density at radius 1 is 1.10 bits per heavy atom. The third-order valence-electron chi connectivity index (χ3n) is 3.33. The SMILES string of the molecule is CCc1nc(-c2cccc(Br)c2)nc(CC)c1CCN. The van der Waals surface area contributed by atoms with Crippen LogP contribution in [0.4, 0.5) is 0 Å². The van der Waals surface area contributed by atoms with E-state index in [1.54, 1.807) is 0 Å². The summed E-state index contributed by atoms with van der Waals surface area (Å²) >= 11 is 3.50. The van der Waals surface area contributed by atoms with Gasteiger partial charge in [0.05, 0.1) is 0 Å². The van der Waals surface area contributed by atoms with Crippen molar-refractivity contribution in [1.82, 2.24) is 9.97 Å². The fourth-order valence-electron chi connectivity index (χ4n) is 2.36. The maximum absolute atomic E-state index is 5.72. The summed E-state index contributed by atoms with van der Waals surface area (Å²) in [5.41, 5.74) is 10.2. The van der Waals surface area contributed by atoms with Gasteiger partial charge in [-0.1, -0.05) is 41.9 Å². The van der Waals surface area contributed by atoms with E-state index in [4.69, 9.17) is 15.7 Å². The van der Waals surface area contributed by atoms with Crippen LogP contribution in [0.25, 0.3) is 11.4 Å². The summed E-state index contributed by atoms with van der Waals surface area (Å²) in [5, 5.41) is 0. The number of nitrogens with two attached hydrogens (primary N) is 1. The van der Waals surface area contributed by atoms with Crippen LogP contribution in [0.2, 0.25) is 0 Å². The second-order valence-corrected chi connectivity index (χ2v) is 5.59. The molecule has 0 unspecified atom stereocenters. The maximum atomic E-state index is 5.72. The highest BCUT2D eigenvalue weighted by Crippen LogP contribution is 2.23. The molecule has 1 aromatic heterocycles. The van der Waals surface area contributed by atoms with E-state index in [0.717, 1.165) is 46.5 Å². The number of benzene rings is 1. The molecule has 0 bridgehead atoms. The monoisotopic (exact) mass is 333 g/mol. The minimum Gasteiger partial charge on any atom is -0.330 e. The molecule has 20 heavy (non-hydrogen) atoms. The van der Waals surface area contributed by atoms with Gasteiger partial charge in [0.1, 0.15) is 0 Å². The smallest absolute Gasteiger partial charge is 0.159 e. The molecule has 1 aromatic carbocycles. The average molecular weight is 334 g/mol. The van der Waals surface area contributed by atoms with E-state index in [0.29, 0.717) is 6.54 Å². The molecule has 0 spiro atoms. The van der Waals surface area contributed by atoms with Gasteiger partial charge in [-0.3, -0.25) is 0 Å². The van der Waals surface area contributed by atoms with Crippen LogP contribution in [-0.2, 0) is 19.3 Å². The van der Waals surface area contributed by atoms with Crippen molar-refractivity contribution < 1.29 is 0 Å². The van der Waals surface area contributed by atoms with Gasteiger partial charge in [-0.15, -0.1) is 0 Å². The van der Waals surface area contributed by atoms with Crippen LogP contribution in [0.5, 0.6) is 0 Å². The lowest BCUT2D eigenvalue weighted by atomic mass is 10.0. The first-order chi connectivity index (χ1) is 9.69. The van der Waals surface area contributed by atoms with E-state index in [2.05, 4.69) is 35.8 Å². The zero-order valence-electron chi connectivity index (χ0n) is 12.0. The summed E-state index contributed by atoms with van der Waals surface area (Å²) in [7, 11) is 0. The van der Waals surface area contributed by atoms with Gasteiger partial charge in [0.25, 0.3) is 0 Å². The van der Waals surface area contributed by atoms with Crippen LogP contribution >= 0.6 is 15.9 Å². The van der Waals surface area contributed by atoms with E-state index in [1.807, 2.05) is 18.2 Å². The van der Waals surface area contributed by atoms with Crippen LogP contribution in [0.3, 0.4) is 0 Å². The normalized spacial score (nSPS) is 10.8. The van der Waals surface area contributed by atoms with Crippen molar-refractivity contribution in [2.24, 2.45) is 5.73 Å². The van der Waals surface area contributed by atoms with Gasteiger partial charge in [-0.2, -0.15) is 0 Å². The molecule has 1 heterocycles. The number of aryl methyl sites for hydroxylation is 2. The Kier molecular flexibility index (Phi) is 5.26. The van der Waals surface area contributed by atoms with Crippen molar-refractivity contribution in [2.75, 3.05) is 6.54 Å². The maximum Gasteiger partial charge on any atom is 0.159 e. The highest BCUT2D eigenvalue weighted by Gasteiger charge is 2.12. The Morgan fingerprint density at radius 2 is 1.75 bits per heavy atom. The molecule has 4 heteroatoms. The largest absolute Gasteiger partial charge is 0.330 e. The molecule has 2 N–H and O–H groups in total. The summed E-state index contributed by atoms with van der Waals surface area (Å²) in [4.78, 5) is 9.48. The Bertz CT molecular complexity index is 571. The third kappa shape index (κ3) is 3.25. The Labute approximate surface area is 128 Å². The van der Waals surface area contributed by atoms with E-state index < -0.39 is 0 Å². The first-order valence-corrected chi connectivity index (χ1v) is 7.83. The standard InChI is InChI=1S/C16H20BrN3/c1-3-14-13(8-9-18)15(4-2)20-16(19-14)11-6-5-7-12(17)10-11/h5-7,10H,3-4,8-9,18H2,1-2H3. The molecule has 0 amide bonds. The lowest BCUT2D eigenvalue weighted by Gasteiger charge is -2.13. The fourth-order valence-corrected chi connectivity index (χ4v) is 2.76. The van der Waals surface area contributed by atoms with Gasteiger partial charge in [0.15, 0.2) is 5.82 Å². The zero-order chi connectivity index (χ0) is 14.5. The van der Waals surface area contributed by atoms with Crippen molar-refractivity contribution >= 4 is 15.9 Å². The van der Waals surface area contributed by atoms with E-state index in [9.17, 15) is 0 Å². The van der Waals surface area contributed by atoms with Gasteiger partial charge >= 0.3 is 0 Å². The topological polar surface area (TPSA) is 51.8 Å². The molecule has 0 aliphatic heterocycles. The van der Waals surface area contributed by atoms with Crippen molar-refractivity contribution in [3.8, 4) is 11.4 Å². The predicted molar refractivity (Wildman–Crippen MR) is 86.7 cm³/mol. The molecule has 3 nitrogen and oxygen atoms in total. The Balaban J connectivity index is 2.55. The molecule has 106 valence electrons. The average Bonchev–Trinajstić information content (AvgIpc) is 2.47. The summed E-state index contributed by atoms with van der Waals surface area (Å²) in [6, 6.07) is 8.11. The quantitative estimate of drug-likeness (QED) is 0.910. The molecule has 0 saturated heterocycles. The molecular weight excluding hydrogens is 314 g/mol. The van der Waals surface area contributed by atoms with Gasteiger partial charge in [-0.25, -0.2) is 9.97 Å². The Hall–Kier alpha value is -1.26. The van der Waals surface area contributed by atoms with Crippen molar-refractivity contribution in [3.05, 3.63) is 45.7 Å². The number of halogens is 1. The number of rotatable bonds is 5. The number of aromatic nitrogens is 2. The third-order valence-corrected chi connectivity index (χ3v) is 3.82. The molecule has 0 aliphatic rings. The molecule has 0 aliphatic carbocycles. The summed E-state index contributed by atoms with van der Waals surface area (Å²) < 4.78 is 1.04. The lowest BCUT2D eigenvalue weighted by molar-refractivity contribution is 0.844. The highest BCUT2D eigenvalue weighted by molar-refractivity contribution is 9.10. The van der Waals surface area contributed by atoms with Crippen molar-refractivity contribution in [1.29, 1.82) is 0 Å². The van der Waals surface area contributed by atoms with Crippen molar-refractivity contribution in [2.45, 2.75) is 33.1 Å². The van der Waals surface area contributed by atoms with Crippen LogP contribution in [0.15, 0.2) is 28.7 Å². The summed E-state index contributed by atoms with van der Waals surface area (Å²) in [5.74, 6) is 0.806. The van der Waals surface area contributed by atoms with E-state index >= 15 is 0 Å². The van der Waals surface area contributed by atoms with Gasteiger partial charge < -0.3 is 5.73 Å². The molecule has 0 saturated carbocycles. The molecule has 0 atom stereocenters. The van der Waals surface area contributed by atoms with Gasteiger partial charge in [0.2, 0.25) is 0 Å². The molecule has 0 radical (unpaired) electrons. The van der Waals surface area contributed by atoms with E-state index in [1.165, 1.54) is 5.56 Å². The number of hydrogen-bond acceptors (Lipinski definition) is 3. The first kappa shape index (κ1) is 15.1. The van der Waals surface area contributed by atoms with Crippen LogP contribution in [0.1, 0.15) is 30.8 Å². The minimum atomic E-state index is 0.638. The number of nitrogens with zero attached hydrogens (tertiary/aromatic N) is 2. The minimum absolute atomic E-state index is 0.638. The molecule has 0 fully saturated rings. The van der Waals surface area contributed by atoms with Crippen molar-refractivity contribution in [3.63, 3.8) is 0 Å². The summed E-state index contributed by atoms with van der Waals surface area (Å²) in [6.45, 7) is 4.90. The predicted octanol–water partition coefficient (Wildman–Crippen LogP) is 3.53. The lowest BCUT2D eigenvalue weighted by Crippen LogP contribution is -2.12. The van der Waals surface area contributed by atoms with Gasteiger partial charge in [0, 0.05) is 21.4 Å². The summed E-state index contributed by atoms with van der Waals surface area (Å²) in [6.07, 6.45) is 2.67. The van der Waals surface area contributed by atoms with Crippen LogP contribution in [0, 0.1) is 0 Å². The Morgan fingerprint density at radius 3 is 2.25 bits per heavy atom.